The molecule has 4 rings (SSSR count). The molecule has 3 aromatic rings. The lowest BCUT2D eigenvalue weighted by atomic mass is 9.98. The summed E-state index contributed by atoms with van der Waals surface area (Å²) in [5, 5.41) is 13.0. The number of ether oxygens (including phenoxy) is 1. The fourth-order valence-electron chi connectivity index (χ4n) is 3.93. The first-order chi connectivity index (χ1) is 16.6. The molecular weight excluding hydrogens is 479 g/mol. The van der Waals surface area contributed by atoms with E-state index in [1.54, 1.807) is 36.6 Å². The summed E-state index contributed by atoms with van der Waals surface area (Å²) in [5.74, 6) is -1.73. The first kappa shape index (κ1) is 24.5. The zero-order valence-corrected chi connectivity index (χ0v) is 19.7. The Kier molecular flexibility index (Phi) is 6.71. The molecule has 2 aromatic carbocycles. The average molecular weight is 502 g/mol. The van der Waals surface area contributed by atoms with Crippen LogP contribution in [-0.4, -0.2) is 23.4 Å². The number of hydrogen-bond donors (Lipinski definition) is 1. The zero-order chi connectivity index (χ0) is 25.3. The molecule has 182 valence electrons. The smallest absolute Gasteiger partial charge is 0.416 e. The Bertz CT molecular complexity index is 1290. The van der Waals surface area contributed by atoms with Crippen LogP contribution < -0.4 is 9.64 Å². The number of aliphatic hydroxyl groups excluding tert-OH is 1. The van der Waals surface area contributed by atoms with Crippen LogP contribution >= 0.6 is 11.3 Å². The number of amides is 1. The number of alkyl halides is 3. The number of carbonyl (C=O) groups is 2. The fraction of sp³-hybridized carbons (Fsp3) is 0.231. The summed E-state index contributed by atoms with van der Waals surface area (Å²) < 4.78 is 44.8. The Hall–Kier alpha value is -3.59. The van der Waals surface area contributed by atoms with Gasteiger partial charge in [-0.25, -0.2) is 0 Å². The molecule has 1 unspecified atom stereocenters. The minimum absolute atomic E-state index is 0.122. The van der Waals surface area contributed by atoms with Crippen LogP contribution in [0.1, 0.15) is 41.0 Å². The summed E-state index contributed by atoms with van der Waals surface area (Å²) in [4.78, 5) is 28.1. The molecule has 35 heavy (non-hydrogen) atoms. The Morgan fingerprint density at radius 1 is 1.11 bits per heavy atom. The van der Waals surface area contributed by atoms with E-state index in [9.17, 15) is 27.9 Å². The van der Waals surface area contributed by atoms with E-state index in [2.05, 4.69) is 0 Å². The number of carbonyl (C=O) groups excluding carboxylic acids is 2. The third kappa shape index (κ3) is 4.68. The highest BCUT2D eigenvalue weighted by Crippen LogP contribution is 2.45. The van der Waals surface area contributed by atoms with Gasteiger partial charge < -0.3 is 9.84 Å². The van der Waals surface area contributed by atoms with Crippen LogP contribution in [0.15, 0.2) is 65.6 Å². The predicted molar refractivity (Wildman–Crippen MR) is 128 cm³/mol. The number of rotatable bonds is 6. The number of aryl methyl sites for hydroxylation is 1. The topological polar surface area (TPSA) is 66.8 Å². The van der Waals surface area contributed by atoms with E-state index in [0.29, 0.717) is 22.8 Å². The molecule has 1 atom stereocenters. The van der Waals surface area contributed by atoms with Crippen LogP contribution in [0.4, 0.5) is 18.9 Å². The number of nitrogens with zero attached hydrogens (tertiary/aromatic N) is 1. The molecule has 1 saturated heterocycles. The molecule has 9 heteroatoms. The molecule has 1 aliphatic heterocycles. The van der Waals surface area contributed by atoms with Crippen molar-refractivity contribution < 1.29 is 32.6 Å². The van der Waals surface area contributed by atoms with Crippen LogP contribution in [0.3, 0.4) is 0 Å². The minimum Gasteiger partial charge on any atom is -0.507 e. The number of halogens is 3. The largest absolute Gasteiger partial charge is 0.507 e. The van der Waals surface area contributed by atoms with Crippen LogP contribution in [-0.2, 0) is 15.8 Å². The van der Waals surface area contributed by atoms with Gasteiger partial charge in [-0.15, -0.1) is 11.3 Å². The first-order valence-corrected chi connectivity index (χ1v) is 11.8. The SMILES string of the molecule is CCCOc1cccc(/C(O)=C2/C(=O)C(=O)N(c3ccc(C(F)(F)F)cc3)C2c2sccc2C)c1. The maximum Gasteiger partial charge on any atom is 0.416 e. The van der Waals surface area contributed by atoms with E-state index < -0.39 is 29.5 Å². The lowest BCUT2D eigenvalue weighted by Crippen LogP contribution is -2.29. The molecule has 2 heterocycles. The van der Waals surface area contributed by atoms with Gasteiger partial charge in [0.15, 0.2) is 0 Å². The summed E-state index contributed by atoms with van der Waals surface area (Å²) in [6.45, 7) is 4.23. The van der Waals surface area contributed by atoms with Gasteiger partial charge in [0.2, 0.25) is 0 Å². The molecule has 1 N–H and O–H groups in total. The second kappa shape index (κ2) is 9.58. The van der Waals surface area contributed by atoms with Gasteiger partial charge in [-0.3, -0.25) is 14.5 Å². The third-order valence-electron chi connectivity index (χ3n) is 5.65. The van der Waals surface area contributed by atoms with E-state index in [0.717, 1.165) is 41.1 Å². The summed E-state index contributed by atoms with van der Waals surface area (Å²) in [7, 11) is 0. The second-order valence-corrected chi connectivity index (χ2v) is 9.01. The number of Topliss-reactive ketones (excluding diaryl/α,β-unsaturated/α-hetero) is 1. The van der Waals surface area contributed by atoms with Crippen LogP contribution in [0.2, 0.25) is 0 Å². The molecule has 1 fully saturated rings. The quantitative estimate of drug-likeness (QED) is 0.238. The number of thiophene rings is 1. The number of ketones is 1. The molecule has 1 aliphatic rings. The predicted octanol–water partition coefficient (Wildman–Crippen LogP) is 6.49. The van der Waals surface area contributed by atoms with Crippen LogP contribution in [0.5, 0.6) is 5.75 Å². The van der Waals surface area contributed by atoms with Gasteiger partial charge >= 0.3 is 6.18 Å². The maximum atomic E-state index is 13.2. The third-order valence-corrected chi connectivity index (χ3v) is 6.72. The number of aliphatic hydroxyl groups is 1. The normalized spacial score (nSPS) is 17.7. The Morgan fingerprint density at radius 2 is 1.83 bits per heavy atom. The van der Waals surface area contributed by atoms with Crippen molar-refractivity contribution in [3.63, 3.8) is 0 Å². The van der Waals surface area contributed by atoms with Crippen molar-refractivity contribution in [1.29, 1.82) is 0 Å². The highest BCUT2D eigenvalue weighted by atomic mass is 32.1. The summed E-state index contributed by atoms with van der Waals surface area (Å²) in [5.41, 5.74) is 0.198. The van der Waals surface area contributed by atoms with Gasteiger partial charge in [0.1, 0.15) is 17.6 Å². The molecule has 0 spiro atoms. The molecule has 0 radical (unpaired) electrons. The minimum atomic E-state index is -4.54. The Balaban J connectivity index is 1.86. The van der Waals surface area contributed by atoms with Crippen molar-refractivity contribution in [2.45, 2.75) is 32.5 Å². The Labute approximate surface area is 204 Å². The standard InChI is InChI=1S/C26H22F3NO4S/c1-3-12-34-19-6-4-5-16(14-19)22(31)20-21(24-15(2)11-13-35-24)30(25(33)23(20)32)18-9-7-17(8-10-18)26(27,28)29/h4-11,13-14,21,31H,3,12H2,1-2H3/b22-20-. The maximum absolute atomic E-state index is 13.2. The highest BCUT2D eigenvalue weighted by molar-refractivity contribution is 7.10. The van der Waals surface area contributed by atoms with Gasteiger partial charge in [-0.1, -0.05) is 19.1 Å². The van der Waals surface area contributed by atoms with Gasteiger partial charge in [-0.05, 0) is 66.8 Å². The lowest BCUT2D eigenvalue weighted by Gasteiger charge is -2.25. The van der Waals surface area contributed by atoms with Crippen molar-refractivity contribution in [2.24, 2.45) is 0 Å². The second-order valence-electron chi connectivity index (χ2n) is 8.06. The van der Waals surface area contributed by atoms with Gasteiger partial charge in [0.05, 0.1) is 17.7 Å². The summed E-state index contributed by atoms with van der Waals surface area (Å²) in [6.07, 6.45) is -3.76. The monoisotopic (exact) mass is 501 g/mol. The summed E-state index contributed by atoms with van der Waals surface area (Å²) >= 11 is 1.29. The molecular formula is C26H22F3NO4S. The molecule has 0 bridgehead atoms. The average Bonchev–Trinajstić information content (AvgIpc) is 3.37. The molecule has 0 saturated carbocycles. The van der Waals surface area contributed by atoms with Gasteiger partial charge in [-0.2, -0.15) is 13.2 Å². The highest BCUT2D eigenvalue weighted by Gasteiger charge is 2.48. The number of anilines is 1. The van der Waals surface area contributed by atoms with Gasteiger partial charge in [0.25, 0.3) is 11.7 Å². The van der Waals surface area contributed by atoms with Crippen molar-refractivity contribution in [2.75, 3.05) is 11.5 Å². The molecule has 0 aliphatic carbocycles. The lowest BCUT2D eigenvalue weighted by molar-refractivity contribution is -0.137. The van der Waals surface area contributed by atoms with Crippen LogP contribution in [0, 0.1) is 6.92 Å². The van der Waals surface area contributed by atoms with E-state index in [-0.39, 0.29) is 17.0 Å². The summed E-state index contributed by atoms with van der Waals surface area (Å²) in [6, 6.07) is 11.4. The fourth-order valence-corrected chi connectivity index (χ4v) is 4.96. The number of benzene rings is 2. The van der Waals surface area contributed by atoms with E-state index in [4.69, 9.17) is 4.74 Å². The first-order valence-electron chi connectivity index (χ1n) is 10.9. The van der Waals surface area contributed by atoms with Crippen molar-refractivity contribution in [1.82, 2.24) is 0 Å². The van der Waals surface area contributed by atoms with Gasteiger partial charge in [0, 0.05) is 16.1 Å². The van der Waals surface area contributed by atoms with Crippen molar-refractivity contribution >= 4 is 34.5 Å². The Morgan fingerprint density at radius 3 is 2.43 bits per heavy atom. The van der Waals surface area contributed by atoms with Crippen molar-refractivity contribution in [3.05, 3.63) is 87.1 Å². The van der Waals surface area contributed by atoms with Crippen LogP contribution in [0.25, 0.3) is 5.76 Å². The zero-order valence-electron chi connectivity index (χ0n) is 18.9. The number of hydrogen-bond acceptors (Lipinski definition) is 5. The molecule has 1 aromatic heterocycles. The van der Waals surface area contributed by atoms with E-state index in [1.807, 2.05) is 13.0 Å². The van der Waals surface area contributed by atoms with E-state index >= 15 is 0 Å². The van der Waals surface area contributed by atoms with E-state index in [1.165, 1.54) is 11.3 Å². The molecule has 5 nitrogen and oxygen atoms in total. The van der Waals surface area contributed by atoms with Crippen molar-refractivity contribution in [3.8, 4) is 5.75 Å². The molecule has 1 amide bonds.